The third-order valence-electron chi connectivity index (χ3n) is 4.08. The number of hydrogen-bond acceptors (Lipinski definition) is 4. The summed E-state index contributed by atoms with van der Waals surface area (Å²) in [5.74, 6) is 0.460. The highest BCUT2D eigenvalue weighted by molar-refractivity contribution is 7.80. The van der Waals surface area contributed by atoms with E-state index in [1.54, 1.807) is 17.0 Å². The normalized spacial score (nSPS) is 10.4. The average molecular weight is 401 g/mol. The van der Waals surface area contributed by atoms with Crippen LogP contribution in [-0.2, 0) is 4.74 Å². The van der Waals surface area contributed by atoms with Gasteiger partial charge in [0.05, 0.1) is 23.8 Å². The van der Waals surface area contributed by atoms with Crippen molar-refractivity contribution in [2.24, 2.45) is 0 Å². The lowest BCUT2D eigenvalue weighted by molar-refractivity contribution is 0.139. The Morgan fingerprint density at radius 1 is 1.11 bits per heavy atom. The fraction of sp³-hybridized carbons (Fsp3) is 0.364. The summed E-state index contributed by atoms with van der Waals surface area (Å²) in [7, 11) is 0. The molecule has 0 spiro atoms. The van der Waals surface area contributed by atoms with E-state index in [-0.39, 0.29) is 0 Å². The molecular formula is C22H28N2O3S. The molecule has 5 nitrogen and oxygen atoms in total. The minimum Gasteiger partial charge on any atom is -0.410 e. The number of aryl methyl sites for hydroxylation is 1. The van der Waals surface area contributed by atoms with E-state index >= 15 is 0 Å². The molecule has 1 N–H and O–H groups in total. The van der Waals surface area contributed by atoms with Crippen LogP contribution in [-0.4, -0.2) is 30.8 Å². The quantitative estimate of drug-likeness (QED) is 0.440. The highest BCUT2D eigenvalue weighted by atomic mass is 32.1. The summed E-state index contributed by atoms with van der Waals surface area (Å²) in [4.78, 5) is 15.3. The van der Waals surface area contributed by atoms with Gasteiger partial charge >= 0.3 is 6.09 Å². The number of benzene rings is 2. The largest absolute Gasteiger partial charge is 0.419 e. The van der Waals surface area contributed by atoms with Crippen molar-refractivity contribution in [1.82, 2.24) is 0 Å². The Labute approximate surface area is 172 Å². The second-order valence-electron chi connectivity index (χ2n) is 6.35. The predicted molar refractivity (Wildman–Crippen MR) is 119 cm³/mol. The van der Waals surface area contributed by atoms with Gasteiger partial charge in [-0.2, -0.15) is 0 Å². The molecular weight excluding hydrogens is 372 g/mol. The Bertz CT molecular complexity index is 795. The number of anilines is 2. The average Bonchev–Trinajstić information content (AvgIpc) is 2.69. The molecule has 2 aromatic rings. The van der Waals surface area contributed by atoms with Gasteiger partial charge in [-0.15, -0.1) is 0 Å². The van der Waals surface area contributed by atoms with E-state index in [1.165, 1.54) is 0 Å². The van der Waals surface area contributed by atoms with Crippen LogP contribution in [0.2, 0.25) is 0 Å². The minimum absolute atomic E-state index is 0.418. The lowest BCUT2D eigenvalue weighted by Crippen LogP contribution is -2.37. The minimum atomic E-state index is -0.440. The molecule has 0 radical (unpaired) electrons. The summed E-state index contributed by atoms with van der Waals surface area (Å²) in [6.45, 7) is 7.55. The first-order valence-electron chi connectivity index (χ1n) is 9.57. The second-order valence-corrected chi connectivity index (χ2v) is 6.84. The molecule has 1 amide bonds. The molecule has 0 fully saturated rings. The molecule has 6 heteroatoms. The van der Waals surface area contributed by atoms with Gasteiger partial charge in [0.1, 0.15) is 5.75 Å². The van der Waals surface area contributed by atoms with E-state index in [0.717, 1.165) is 34.8 Å². The van der Waals surface area contributed by atoms with Crippen molar-refractivity contribution < 1.29 is 14.3 Å². The van der Waals surface area contributed by atoms with Crippen LogP contribution < -0.4 is 15.0 Å². The summed E-state index contributed by atoms with van der Waals surface area (Å²) < 4.78 is 11.2. The highest BCUT2D eigenvalue weighted by Gasteiger charge is 2.19. The van der Waals surface area contributed by atoms with Crippen LogP contribution in [0.15, 0.2) is 48.5 Å². The zero-order valence-corrected chi connectivity index (χ0v) is 17.6. The van der Waals surface area contributed by atoms with E-state index in [9.17, 15) is 4.79 Å². The predicted octanol–water partition coefficient (Wildman–Crippen LogP) is 5.58. The Morgan fingerprint density at radius 3 is 2.61 bits per heavy atom. The molecule has 0 aliphatic rings. The Kier molecular flexibility index (Phi) is 8.91. The monoisotopic (exact) mass is 400 g/mol. The third kappa shape index (κ3) is 6.62. The molecule has 0 unspecified atom stereocenters. The molecule has 2 aromatic carbocycles. The number of carbonyl (C=O) groups excluding carboxylic acids is 1. The molecule has 0 aliphatic carbocycles. The topological polar surface area (TPSA) is 50.8 Å². The zero-order valence-electron chi connectivity index (χ0n) is 16.7. The van der Waals surface area contributed by atoms with Crippen molar-refractivity contribution >= 4 is 34.7 Å². The van der Waals surface area contributed by atoms with Gasteiger partial charge in [-0.25, -0.2) is 4.79 Å². The van der Waals surface area contributed by atoms with E-state index in [2.05, 4.69) is 12.2 Å². The third-order valence-corrected chi connectivity index (χ3v) is 4.47. The Hall–Kier alpha value is -2.44. The van der Waals surface area contributed by atoms with Gasteiger partial charge in [0.2, 0.25) is 0 Å². The van der Waals surface area contributed by atoms with Crippen LogP contribution >= 0.6 is 12.2 Å². The first kappa shape index (κ1) is 21.9. The van der Waals surface area contributed by atoms with Crippen molar-refractivity contribution in [3.63, 3.8) is 0 Å². The van der Waals surface area contributed by atoms with E-state index < -0.39 is 6.09 Å². The summed E-state index contributed by atoms with van der Waals surface area (Å²) in [5.41, 5.74) is 2.61. The van der Waals surface area contributed by atoms with Crippen LogP contribution in [0.4, 0.5) is 16.2 Å². The van der Waals surface area contributed by atoms with E-state index in [0.29, 0.717) is 25.5 Å². The molecule has 0 aliphatic heterocycles. The SMILES string of the molecule is CCCOCCN(C(=O)Oc1cccc(NC(=S)CC)c1)c1ccccc1C. The van der Waals surface area contributed by atoms with Crippen LogP contribution in [0.25, 0.3) is 0 Å². The van der Waals surface area contributed by atoms with Crippen molar-refractivity contribution in [3.05, 3.63) is 54.1 Å². The lowest BCUT2D eigenvalue weighted by Gasteiger charge is -2.24. The molecule has 2 rings (SSSR count). The van der Waals surface area contributed by atoms with E-state index in [1.807, 2.05) is 50.2 Å². The molecule has 0 heterocycles. The van der Waals surface area contributed by atoms with Crippen LogP contribution in [0.1, 0.15) is 32.3 Å². The summed E-state index contributed by atoms with van der Waals surface area (Å²) in [6, 6.07) is 15.0. The smallest absolute Gasteiger partial charge is 0.410 e. The number of nitrogens with one attached hydrogen (secondary N) is 1. The number of nitrogens with zero attached hydrogens (tertiary/aromatic N) is 1. The maximum Gasteiger partial charge on any atom is 0.419 e. The molecule has 150 valence electrons. The number of ether oxygens (including phenoxy) is 2. The summed E-state index contributed by atoms with van der Waals surface area (Å²) >= 11 is 5.22. The highest BCUT2D eigenvalue weighted by Crippen LogP contribution is 2.23. The summed E-state index contributed by atoms with van der Waals surface area (Å²) in [5, 5.41) is 3.13. The number of thiocarbonyl (C=S) groups is 1. The first-order chi connectivity index (χ1) is 13.5. The molecule has 0 saturated carbocycles. The van der Waals surface area contributed by atoms with Gasteiger partial charge in [0.25, 0.3) is 0 Å². The van der Waals surface area contributed by atoms with Gasteiger partial charge in [-0.1, -0.05) is 50.3 Å². The van der Waals surface area contributed by atoms with Gasteiger partial charge < -0.3 is 14.8 Å². The summed E-state index contributed by atoms with van der Waals surface area (Å²) in [6.07, 6.45) is 1.25. The molecule has 0 aromatic heterocycles. The van der Waals surface area contributed by atoms with Crippen LogP contribution in [0.3, 0.4) is 0 Å². The zero-order chi connectivity index (χ0) is 20.4. The van der Waals surface area contributed by atoms with Crippen molar-refractivity contribution in [2.75, 3.05) is 30.0 Å². The maximum atomic E-state index is 12.9. The Morgan fingerprint density at radius 2 is 1.89 bits per heavy atom. The van der Waals surface area contributed by atoms with Crippen LogP contribution in [0.5, 0.6) is 5.75 Å². The number of hydrogen-bond donors (Lipinski definition) is 1. The molecule has 0 bridgehead atoms. The maximum absolute atomic E-state index is 12.9. The molecule has 0 atom stereocenters. The standard InChI is InChI=1S/C22H28N2O3S/c1-4-14-26-15-13-24(20-12-7-6-9-17(20)3)22(25)27-19-11-8-10-18(16-19)23-21(28)5-2/h6-12,16H,4-5,13-15H2,1-3H3,(H,23,28). The number of para-hydroxylation sites is 1. The first-order valence-corrected chi connectivity index (χ1v) is 9.98. The molecule has 28 heavy (non-hydrogen) atoms. The number of amides is 1. The second kappa shape index (κ2) is 11.4. The van der Waals surface area contributed by atoms with Crippen molar-refractivity contribution in [2.45, 2.75) is 33.6 Å². The van der Waals surface area contributed by atoms with Gasteiger partial charge in [0, 0.05) is 18.4 Å². The fourth-order valence-corrected chi connectivity index (χ4v) is 2.74. The van der Waals surface area contributed by atoms with Crippen LogP contribution in [0, 0.1) is 6.92 Å². The molecule has 0 saturated heterocycles. The van der Waals surface area contributed by atoms with Gasteiger partial charge in [-0.3, -0.25) is 4.90 Å². The number of carbonyl (C=O) groups is 1. The number of rotatable bonds is 9. The van der Waals surface area contributed by atoms with Gasteiger partial charge in [-0.05, 0) is 43.5 Å². The fourth-order valence-electron chi connectivity index (χ4n) is 2.62. The van der Waals surface area contributed by atoms with Crippen molar-refractivity contribution in [3.8, 4) is 5.75 Å². The Balaban J connectivity index is 2.14. The lowest BCUT2D eigenvalue weighted by atomic mass is 10.2. The van der Waals surface area contributed by atoms with E-state index in [4.69, 9.17) is 21.7 Å². The van der Waals surface area contributed by atoms with Gasteiger partial charge in [0.15, 0.2) is 0 Å². The van der Waals surface area contributed by atoms with Crippen molar-refractivity contribution in [1.29, 1.82) is 0 Å².